The Balaban J connectivity index is 3.25. The van der Waals surface area contributed by atoms with Crippen LogP contribution in [0.1, 0.15) is 25.0 Å². The minimum atomic E-state index is -0.458. The molecule has 0 fully saturated rings. The van der Waals surface area contributed by atoms with E-state index in [4.69, 9.17) is 11.0 Å². The van der Waals surface area contributed by atoms with Gasteiger partial charge in [0.25, 0.3) is 0 Å². The van der Waals surface area contributed by atoms with E-state index in [9.17, 15) is 0 Å². The van der Waals surface area contributed by atoms with Crippen molar-refractivity contribution in [1.29, 1.82) is 5.26 Å². The van der Waals surface area contributed by atoms with Gasteiger partial charge in [-0.25, -0.2) is 0 Å². The highest BCUT2D eigenvalue weighted by Gasteiger charge is 2.19. The Hall–Kier alpha value is -1.49. The van der Waals surface area contributed by atoms with Gasteiger partial charge in [-0.2, -0.15) is 5.26 Å². The number of anilines is 1. The van der Waals surface area contributed by atoms with E-state index in [1.165, 1.54) is 0 Å². The topological polar surface area (TPSA) is 49.8 Å². The van der Waals surface area contributed by atoms with E-state index in [1.807, 2.05) is 39.0 Å². The number of nitrogens with zero attached hydrogens (tertiary/aromatic N) is 1. The molecule has 68 valence electrons. The molecule has 0 spiro atoms. The van der Waals surface area contributed by atoms with E-state index < -0.39 is 5.41 Å². The van der Waals surface area contributed by atoms with Crippen molar-refractivity contribution in [3.05, 3.63) is 29.3 Å². The molecule has 0 unspecified atom stereocenters. The monoisotopic (exact) mass is 174 g/mol. The summed E-state index contributed by atoms with van der Waals surface area (Å²) < 4.78 is 0. The van der Waals surface area contributed by atoms with Crippen LogP contribution in [0, 0.1) is 18.3 Å². The third kappa shape index (κ3) is 2.00. The molecule has 2 nitrogen and oxygen atoms in total. The summed E-state index contributed by atoms with van der Waals surface area (Å²) in [5.41, 5.74) is 8.04. The first-order chi connectivity index (χ1) is 5.95. The number of aryl methyl sites for hydroxylation is 1. The smallest absolute Gasteiger partial charge is 0.0767 e. The van der Waals surface area contributed by atoms with Crippen LogP contribution in [0.4, 0.5) is 5.69 Å². The van der Waals surface area contributed by atoms with Gasteiger partial charge in [-0.15, -0.1) is 0 Å². The molecule has 1 rings (SSSR count). The Morgan fingerprint density at radius 1 is 1.31 bits per heavy atom. The van der Waals surface area contributed by atoms with Crippen molar-refractivity contribution >= 4 is 5.69 Å². The maximum absolute atomic E-state index is 8.94. The maximum Gasteiger partial charge on any atom is 0.0767 e. The Kier molecular flexibility index (Phi) is 2.29. The lowest BCUT2D eigenvalue weighted by molar-refractivity contribution is 0.686. The van der Waals surface area contributed by atoms with Crippen molar-refractivity contribution in [3.63, 3.8) is 0 Å². The standard InChI is InChI=1S/C11H14N2/c1-8-4-9(6-10(13)5-8)11(2,3)7-12/h4-6H,13H2,1-3H3. The van der Waals surface area contributed by atoms with Crippen LogP contribution in [0.5, 0.6) is 0 Å². The van der Waals surface area contributed by atoms with Crippen LogP contribution in [-0.4, -0.2) is 0 Å². The zero-order valence-corrected chi connectivity index (χ0v) is 8.26. The number of hydrogen-bond donors (Lipinski definition) is 1. The molecule has 0 radical (unpaired) electrons. The predicted molar refractivity (Wildman–Crippen MR) is 54.2 cm³/mol. The summed E-state index contributed by atoms with van der Waals surface area (Å²) in [7, 11) is 0. The van der Waals surface area contributed by atoms with Gasteiger partial charge in [0, 0.05) is 5.69 Å². The summed E-state index contributed by atoms with van der Waals surface area (Å²) >= 11 is 0. The summed E-state index contributed by atoms with van der Waals surface area (Å²) in [6.07, 6.45) is 0. The Morgan fingerprint density at radius 3 is 2.38 bits per heavy atom. The van der Waals surface area contributed by atoms with Gasteiger partial charge in [0.2, 0.25) is 0 Å². The van der Waals surface area contributed by atoms with Gasteiger partial charge < -0.3 is 5.73 Å². The first kappa shape index (κ1) is 9.60. The lowest BCUT2D eigenvalue weighted by Crippen LogP contribution is -2.14. The maximum atomic E-state index is 8.94. The Morgan fingerprint density at radius 2 is 1.92 bits per heavy atom. The van der Waals surface area contributed by atoms with Crippen molar-refractivity contribution in [1.82, 2.24) is 0 Å². The third-order valence-corrected chi connectivity index (χ3v) is 2.10. The van der Waals surface area contributed by atoms with E-state index >= 15 is 0 Å². The molecule has 0 aliphatic carbocycles. The van der Waals surface area contributed by atoms with E-state index in [2.05, 4.69) is 6.07 Å². The molecule has 0 saturated heterocycles. The normalized spacial score (nSPS) is 10.9. The van der Waals surface area contributed by atoms with E-state index in [1.54, 1.807) is 0 Å². The highest BCUT2D eigenvalue weighted by atomic mass is 14.5. The van der Waals surface area contributed by atoms with E-state index in [0.29, 0.717) is 0 Å². The minimum Gasteiger partial charge on any atom is -0.399 e. The van der Waals surface area contributed by atoms with Crippen molar-refractivity contribution in [3.8, 4) is 6.07 Å². The number of nitrogens with two attached hydrogens (primary N) is 1. The molecule has 1 aromatic rings. The van der Waals surface area contributed by atoms with Crippen LogP contribution in [0.2, 0.25) is 0 Å². The molecular weight excluding hydrogens is 160 g/mol. The van der Waals surface area contributed by atoms with Crippen LogP contribution >= 0.6 is 0 Å². The van der Waals surface area contributed by atoms with Crippen LogP contribution in [0.3, 0.4) is 0 Å². The molecule has 0 aliphatic rings. The van der Waals surface area contributed by atoms with Crippen molar-refractivity contribution in [2.24, 2.45) is 0 Å². The van der Waals surface area contributed by atoms with E-state index in [0.717, 1.165) is 16.8 Å². The van der Waals surface area contributed by atoms with Crippen LogP contribution in [-0.2, 0) is 5.41 Å². The van der Waals surface area contributed by atoms with Gasteiger partial charge in [0.05, 0.1) is 11.5 Å². The second-order valence-corrected chi connectivity index (χ2v) is 3.87. The number of rotatable bonds is 1. The van der Waals surface area contributed by atoms with Crippen LogP contribution in [0.25, 0.3) is 0 Å². The van der Waals surface area contributed by atoms with E-state index in [-0.39, 0.29) is 0 Å². The summed E-state index contributed by atoms with van der Waals surface area (Å²) in [4.78, 5) is 0. The third-order valence-electron chi connectivity index (χ3n) is 2.10. The Labute approximate surface area is 79.0 Å². The summed E-state index contributed by atoms with van der Waals surface area (Å²) in [6.45, 7) is 5.76. The van der Waals surface area contributed by atoms with Crippen LogP contribution in [0.15, 0.2) is 18.2 Å². The molecule has 2 N–H and O–H groups in total. The second kappa shape index (κ2) is 3.10. The molecule has 1 aromatic carbocycles. The highest BCUT2D eigenvalue weighted by molar-refractivity contribution is 5.47. The van der Waals surface area contributed by atoms with Gasteiger partial charge in [0.1, 0.15) is 0 Å². The molecule has 0 aromatic heterocycles. The fourth-order valence-electron chi connectivity index (χ4n) is 1.24. The number of nitrogen functional groups attached to an aromatic ring is 1. The van der Waals surface area contributed by atoms with Gasteiger partial charge in [-0.3, -0.25) is 0 Å². The van der Waals surface area contributed by atoms with Gasteiger partial charge in [-0.05, 0) is 44.0 Å². The average molecular weight is 174 g/mol. The van der Waals surface area contributed by atoms with Gasteiger partial charge in [-0.1, -0.05) is 6.07 Å². The van der Waals surface area contributed by atoms with Crippen molar-refractivity contribution in [2.45, 2.75) is 26.2 Å². The molecule has 0 saturated carbocycles. The fraction of sp³-hybridized carbons (Fsp3) is 0.364. The molecule has 0 bridgehead atoms. The quantitative estimate of drug-likeness (QED) is 0.664. The fourth-order valence-corrected chi connectivity index (χ4v) is 1.24. The van der Waals surface area contributed by atoms with Crippen molar-refractivity contribution < 1.29 is 0 Å². The average Bonchev–Trinajstić information content (AvgIpc) is 2.02. The molecule has 0 heterocycles. The number of nitriles is 1. The molecule has 13 heavy (non-hydrogen) atoms. The molecule has 0 amide bonds. The van der Waals surface area contributed by atoms with Crippen molar-refractivity contribution in [2.75, 3.05) is 5.73 Å². The molecular formula is C11H14N2. The summed E-state index contributed by atoms with van der Waals surface area (Å²) in [5, 5.41) is 8.94. The highest BCUT2D eigenvalue weighted by Crippen LogP contribution is 2.25. The second-order valence-electron chi connectivity index (χ2n) is 3.87. The largest absolute Gasteiger partial charge is 0.399 e. The zero-order valence-electron chi connectivity index (χ0n) is 8.26. The first-order valence-corrected chi connectivity index (χ1v) is 4.24. The summed E-state index contributed by atoms with van der Waals surface area (Å²) in [5.74, 6) is 0. The zero-order chi connectivity index (χ0) is 10.1. The first-order valence-electron chi connectivity index (χ1n) is 4.24. The SMILES string of the molecule is Cc1cc(N)cc(C(C)(C)C#N)c1. The van der Waals surface area contributed by atoms with Crippen LogP contribution < -0.4 is 5.73 Å². The predicted octanol–water partition coefficient (Wildman–Crippen LogP) is 2.38. The van der Waals surface area contributed by atoms with Gasteiger partial charge in [0.15, 0.2) is 0 Å². The molecule has 2 heteroatoms. The lowest BCUT2D eigenvalue weighted by atomic mass is 9.85. The minimum absolute atomic E-state index is 0.458. The van der Waals surface area contributed by atoms with Gasteiger partial charge >= 0.3 is 0 Å². The molecule has 0 aliphatic heterocycles. The lowest BCUT2D eigenvalue weighted by Gasteiger charge is -2.16. The number of benzene rings is 1. The number of hydrogen-bond acceptors (Lipinski definition) is 2. The Bertz CT molecular complexity index is 339. The summed E-state index contributed by atoms with van der Waals surface area (Å²) in [6, 6.07) is 8.01. The molecule has 0 atom stereocenters.